The number of thiazole rings is 1. The zero-order chi connectivity index (χ0) is 22.4. The monoisotopic (exact) mass is 442 g/mol. The van der Waals surface area contributed by atoms with Gasteiger partial charge in [0.2, 0.25) is 5.91 Å². The number of hydrogen-bond acceptors (Lipinski definition) is 5. The molecule has 0 N–H and O–H groups in total. The van der Waals surface area contributed by atoms with E-state index >= 15 is 0 Å². The summed E-state index contributed by atoms with van der Waals surface area (Å²) >= 11 is 1.63. The molecule has 0 unspecified atom stereocenters. The van der Waals surface area contributed by atoms with Crippen molar-refractivity contribution in [2.75, 3.05) is 46.3 Å². The van der Waals surface area contributed by atoms with Gasteiger partial charge in [-0.3, -0.25) is 9.69 Å². The number of carbonyl (C=O) groups is 1. The number of likely N-dealkylation sites (N-methyl/N-ethyl adjacent to an activating group) is 1. The molecule has 1 fully saturated rings. The number of benzene rings is 1. The van der Waals surface area contributed by atoms with Crippen LogP contribution >= 0.6 is 11.3 Å². The quantitative estimate of drug-likeness (QED) is 0.582. The minimum absolute atomic E-state index is 0.182. The van der Waals surface area contributed by atoms with Crippen molar-refractivity contribution in [3.05, 3.63) is 40.9 Å². The van der Waals surface area contributed by atoms with Crippen LogP contribution in [0.3, 0.4) is 0 Å². The molecule has 3 rings (SSSR count). The second-order valence-corrected chi connectivity index (χ2v) is 10.5. The molecule has 1 saturated heterocycles. The van der Waals surface area contributed by atoms with Gasteiger partial charge in [0.1, 0.15) is 5.01 Å². The van der Waals surface area contributed by atoms with Crippen molar-refractivity contribution in [3.63, 3.8) is 0 Å². The third kappa shape index (κ3) is 7.41. The van der Waals surface area contributed by atoms with E-state index in [1.807, 2.05) is 10.3 Å². The number of hydrogen-bond donors (Lipinski definition) is 0. The van der Waals surface area contributed by atoms with E-state index in [-0.39, 0.29) is 5.91 Å². The first kappa shape index (κ1) is 23.9. The van der Waals surface area contributed by atoms with E-state index in [0.29, 0.717) is 18.3 Å². The van der Waals surface area contributed by atoms with Crippen molar-refractivity contribution in [1.29, 1.82) is 0 Å². The Morgan fingerprint density at radius 1 is 1.03 bits per heavy atom. The predicted molar refractivity (Wildman–Crippen MR) is 130 cm³/mol. The maximum atomic E-state index is 12.9. The molecule has 1 amide bonds. The molecular weight excluding hydrogens is 404 g/mol. The standard InChI is InChI=1S/C25H38N4OS/c1-19(2)15-29(16-20(3)4)24(30)14-23-18-31-25(26-23)22-8-6-21(7-9-22)17-28-12-10-27(5)11-13-28/h6-9,18-20H,10-17H2,1-5H3. The van der Waals surface area contributed by atoms with Crippen molar-refractivity contribution in [1.82, 2.24) is 19.7 Å². The molecule has 1 aromatic carbocycles. The highest BCUT2D eigenvalue weighted by Crippen LogP contribution is 2.25. The molecule has 2 heterocycles. The molecule has 0 saturated carbocycles. The molecular formula is C25H38N4OS. The third-order valence-corrected chi connectivity index (χ3v) is 6.55. The Balaban J connectivity index is 1.58. The number of rotatable bonds is 9. The van der Waals surface area contributed by atoms with Gasteiger partial charge < -0.3 is 9.80 Å². The summed E-state index contributed by atoms with van der Waals surface area (Å²) < 4.78 is 0. The highest BCUT2D eigenvalue weighted by molar-refractivity contribution is 7.13. The van der Waals surface area contributed by atoms with Crippen molar-refractivity contribution in [3.8, 4) is 10.6 Å². The molecule has 6 heteroatoms. The first-order chi connectivity index (χ1) is 14.8. The molecule has 0 atom stereocenters. The fourth-order valence-electron chi connectivity index (χ4n) is 3.96. The summed E-state index contributed by atoms with van der Waals surface area (Å²) in [5, 5.41) is 3.03. The van der Waals surface area contributed by atoms with E-state index in [4.69, 9.17) is 4.98 Å². The van der Waals surface area contributed by atoms with Gasteiger partial charge in [-0.2, -0.15) is 0 Å². The Labute approximate surface area is 192 Å². The van der Waals surface area contributed by atoms with Crippen LogP contribution in [0.1, 0.15) is 39.0 Å². The van der Waals surface area contributed by atoms with Gasteiger partial charge in [-0.15, -0.1) is 11.3 Å². The highest BCUT2D eigenvalue weighted by atomic mass is 32.1. The summed E-state index contributed by atoms with van der Waals surface area (Å²) in [5.41, 5.74) is 3.36. The molecule has 170 valence electrons. The molecule has 0 spiro atoms. The molecule has 0 bridgehead atoms. The molecule has 2 aromatic rings. The highest BCUT2D eigenvalue weighted by Gasteiger charge is 2.18. The number of carbonyl (C=O) groups excluding carboxylic acids is 1. The molecule has 5 nitrogen and oxygen atoms in total. The summed E-state index contributed by atoms with van der Waals surface area (Å²) in [4.78, 5) is 24.5. The van der Waals surface area contributed by atoms with E-state index in [9.17, 15) is 4.79 Å². The van der Waals surface area contributed by atoms with Crippen molar-refractivity contribution >= 4 is 17.2 Å². The summed E-state index contributed by atoms with van der Waals surface area (Å²) in [6, 6.07) is 8.76. The maximum Gasteiger partial charge on any atom is 0.228 e. The van der Waals surface area contributed by atoms with E-state index in [2.05, 4.69) is 68.8 Å². The average molecular weight is 443 g/mol. The Hall–Kier alpha value is -1.76. The van der Waals surface area contributed by atoms with Crippen LogP contribution in [-0.4, -0.2) is 71.9 Å². The van der Waals surface area contributed by atoms with Crippen LogP contribution in [0.4, 0.5) is 0 Å². The normalized spacial score (nSPS) is 15.7. The number of nitrogens with zero attached hydrogens (tertiary/aromatic N) is 4. The smallest absolute Gasteiger partial charge is 0.228 e. The Bertz CT molecular complexity index is 812. The fourth-order valence-corrected chi connectivity index (χ4v) is 4.79. The molecule has 1 aliphatic rings. The molecule has 31 heavy (non-hydrogen) atoms. The van der Waals surface area contributed by atoms with Crippen LogP contribution in [0.15, 0.2) is 29.6 Å². The van der Waals surface area contributed by atoms with Crippen molar-refractivity contribution in [2.45, 2.75) is 40.7 Å². The minimum Gasteiger partial charge on any atom is -0.342 e. The molecule has 1 aromatic heterocycles. The van der Waals surface area contributed by atoms with E-state index < -0.39 is 0 Å². The predicted octanol–water partition coefficient (Wildman–Crippen LogP) is 4.24. The van der Waals surface area contributed by atoms with Crippen LogP contribution in [0.2, 0.25) is 0 Å². The zero-order valence-corrected chi connectivity index (χ0v) is 20.6. The third-order valence-electron chi connectivity index (χ3n) is 5.61. The lowest BCUT2D eigenvalue weighted by Crippen LogP contribution is -2.43. The van der Waals surface area contributed by atoms with Crippen LogP contribution < -0.4 is 0 Å². The summed E-state index contributed by atoms with van der Waals surface area (Å²) in [5.74, 6) is 1.12. The molecule has 0 aliphatic carbocycles. The van der Waals surface area contributed by atoms with Crippen LogP contribution in [-0.2, 0) is 17.8 Å². The zero-order valence-electron chi connectivity index (χ0n) is 19.8. The van der Waals surface area contributed by atoms with Gasteiger partial charge in [0.25, 0.3) is 0 Å². The van der Waals surface area contributed by atoms with Crippen LogP contribution in [0.5, 0.6) is 0 Å². The molecule has 0 radical (unpaired) electrons. The minimum atomic E-state index is 0.182. The van der Waals surface area contributed by atoms with Crippen LogP contribution in [0.25, 0.3) is 10.6 Å². The van der Waals surface area contributed by atoms with Crippen molar-refractivity contribution in [2.24, 2.45) is 11.8 Å². The average Bonchev–Trinajstić information content (AvgIpc) is 3.17. The van der Waals surface area contributed by atoms with E-state index in [1.165, 1.54) is 5.56 Å². The topological polar surface area (TPSA) is 39.7 Å². The lowest BCUT2D eigenvalue weighted by atomic mass is 10.1. The van der Waals surface area contributed by atoms with E-state index in [1.54, 1.807) is 11.3 Å². The molecule has 1 aliphatic heterocycles. The first-order valence-electron chi connectivity index (χ1n) is 11.5. The van der Waals surface area contributed by atoms with Gasteiger partial charge >= 0.3 is 0 Å². The second-order valence-electron chi connectivity index (χ2n) is 9.68. The van der Waals surface area contributed by atoms with Gasteiger partial charge in [-0.05, 0) is 24.4 Å². The summed E-state index contributed by atoms with van der Waals surface area (Å²) in [6.07, 6.45) is 0.386. The fraction of sp³-hybridized carbons (Fsp3) is 0.600. The Morgan fingerprint density at radius 2 is 1.65 bits per heavy atom. The van der Waals surface area contributed by atoms with Gasteiger partial charge in [-0.25, -0.2) is 4.98 Å². The SMILES string of the molecule is CC(C)CN(CC(C)C)C(=O)Cc1csc(-c2ccc(CN3CCN(C)CC3)cc2)n1. The van der Waals surface area contributed by atoms with Gasteiger partial charge in [0.15, 0.2) is 0 Å². The number of piperazine rings is 1. The maximum absolute atomic E-state index is 12.9. The first-order valence-corrected chi connectivity index (χ1v) is 12.4. The van der Waals surface area contributed by atoms with Gasteiger partial charge in [-0.1, -0.05) is 52.0 Å². The van der Waals surface area contributed by atoms with E-state index in [0.717, 1.165) is 62.1 Å². The Kier molecular flexibility index (Phi) is 8.64. The second kappa shape index (κ2) is 11.2. The Morgan fingerprint density at radius 3 is 2.23 bits per heavy atom. The number of amides is 1. The van der Waals surface area contributed by atoms with Crippen LogP contribution in [0, 0.1) is 11.8 Å². The van der Waals surface area contributed by atoms with Gasteiger partial charge in [0, 0.05) is 56.8 Å². The summed E-state index contributed by atoms with van der Waals surface area (Å²) in [7, 11) is 2.19. The van der Waals surface area contributed by atoms with Crippen molar-refractivity contribution < 1.29 is 4.79 Å². The largest absolute Gasteiger partial charge is 0.342 e. The lowest BCUT2D eigenvalue weighted by Gasteiger charge is -2.32. The number of aromatic nitrogens is 1. The van der Waals surface area contributed by atoms with Gasteiger partial charge in [0.05, 0.1) is 12.1 Å². The summed E-state index contributed by atoms with van der Waals surface area (Å²) in [6.45, 7) is 15.8. The lowest BCUT2D eigenvalue weighted by molar-refractivity contribution is -0.131.